The zero-order valence-corrected chi connectivity index (χ0v) is 15.9. The molecule has 0 aliphatic heterocycles. The Morgan fingerprint density at radius 2 is 2.15 bits per heavy atom. The van der Waals surface area contributed by atoms with Crippen LogP contribution in [0.2, 0.25) is 0 Å². The van der Waals surface area contributed by atoms with Crippen LogP contribution in [0.1, 0.15) is 58.8 Å². The molecule has 26 heavy (non-hydrogen) atoms. The lowest BCUT2D eigenvalue weighted by Gasteiger charge is -2.19. The third-order valence-electron chi connectivity index (χ3n) is 5.85. The van der Waals surface area contributed by atoms with Crippen LogP contribution < -0.4 is 0 Å². The van der Waals surface area contributed by atoms with Gasteiger partial charge in [0.1, 0.15) is 0 Å². The highest BCUT2D eigenvalue weighted by atomic mass is 16.4. The number of fused-ring (bicyclic) bond motifs is 1. The number of carboxylic acid groups (broad SMARTS) is 1. The molecule has 3 N–H and O–H groups in total. The van der Waals surface area contributed by atoms with Gasteiger partial charge in [0.2, 0.25) is 0 Å². The van der Waals surface area contributed by atoms with E-state index in [9.17, 15) is 15.0 Å². The second-order valence-electron chi connectivity index (χ2n) is 7.84. The fourth-order valence-corrected chi connectivity index (χ4v) is 4.31. The van der Waals surface area contributed by atoms with Crippen molar-refractivity contribution in [1.82, 2.24) is 0 Å². The van der Waals surface area contributed by atoms with Crippen molar-refractivity contribution < 1.29 is 20.1 Å². The van der Waals surface area contributed by atoms with Crippen molar-refractivity contribution in [3.63, 3.8) is 0 Å². The first-order valence-corrected chi connectivity index (χ1v) is 9.76. The van der Waals surface area contributed by atoms with Crippen LogP contribution in [0.15, 0.2) is 23.8 Å². The van der Waals surface area contributed by atoms with E-state index in [0.29, 0.717) is 24.7 Å². The van der Waals surface area contributed by atoms with E-state index in [1.54, 1.807) is 6.92 Å². The molecule has 0 saturated heterocycles. The Bertz CT molecular complexity index is 595. The molecule has 0 aromatic rings. The summed E-state index contributed by atoms with van der Waals surface area (Å²) in [6.07, 6.45) is 10.4. The molecular weight excluding hydrogens is 328 g/mol. The summed E-state index contributed by atoms with van der Waals surface area (Å²) in [5.74, 6) is 6.25. The molecule has 2 aliphatic rings. The first-order valence-electron chi connectivity index (χ1n) is 9.76. The molecule has 2 saturated carbocycles. The van der Waals surface area contributed by atoms with Gasteiger partial charge in [-0.15, -0.1) is 11.8 Å². The number of aliphatic carboxylic acids is 1. The van der Waals surface area contributed by atoms with Gasteiger partial charge in [0, 0.05) is 18.8 Å². The fourth-order valence-electron chi connectivity index (χ4n) is 4.31. The summed E-state index contributed by atoms with van der Waals surface area (Å²) in [7, 11) is 0. The quantitative estimate of drug-likeness (QED) is 0.351. The van der Waals surface area contributed by atoms with Crippen LogP contribution in [-0.4, -0.2) is 33.5 Å². The molecule has 4 nitrogen and oxygen atoms in total. The molecule has 0 amide bonds. The van der Waals surface area contributed by atoms with E-state index >= 15 is 0 Å². The molecule has 2 aliphatic carbocycles. The Balaban J connectivity index is 1.89. The summed E-state index contributed by atoms with van der Waals surface area (Å²) < 4.78 is 0. The number of aliphatic hydroxyl groups excluding tert-OH is 2. The second-order valence-corrected chi connectivity index (χ2v) is 7.84. The lowest BCUT2D eigenvalue weighted by Crippen LogP contribution is -2.19. The first kappa shape index (κ1) is 20.7. The fraction of sp³-hybridized carbons (Fsp3) is 0.682. The number of hydrogen-bond donors (Lipinski definition) is 3. The van der Waals surface area contributed by atoms with E-state index < -0.39 is 12.1 Å². The molecule has 6 atom stereocenters. The molecule has 144 valence electrons. The van der Waals surface area contributed by atoms with Crippen molar-refractivity contribution in [3.05, 3.63) is 23.8 Å². The minimum Gasteiger partial charge on any atom is -0.481 e. The largest absolute Gasteiger partial charge is 0.481 e. The molecule has 0 radical (unpaired) electrons. The summed E-state index contributed by atoms with van der Waals surface area (Å²) in [6, 6.07) is 0. The molecule has 4 heteroatoms. The minimum absolute atomic E-state index is 0.0845. The van der Waals surface area contributed by atoms with Gasteiger partial charge in [-0.2, -0.15) is 0 Å². The maximum atomic E-state index is 10.6. The smallest absolute Gasteiger partial charge is 0.303 e. The van der Waals surface area contributed by atoms with Crippen LogP contribution in [0.5, 0.6) is 0 Å². The Morgan fingerprint density at radius 3 is 2.85 bits per heavy atom. The van der Waals surface area contributed by atoms with Crippen LogP contribution in [0.4, 0.5) is 0 Å². The predicted molar refractivity (Wildman–Crippen MR) is 102 cm³/mol. The summed E-state index contributed by atoms with van der Waals surface area (Å²) in [5.41, 5.74) is 1.41. The highest BCUT2D eigenvalue weighted by Crippen LogP contribution is 2.50. The lowest BCUT2D eigenvalue weighted by atomic mass is 9.89. The Hall–Kier alpha value is -1.57. The zero-order valence-electron chi connectivity index (χ0n) is 15.9. The Labute approximate surface area is 157 Å². The van der Waals surface area contributed by atoms with E-state index in [-0.39, 0.29) is 24.4 Å². The topological polar surface area (TPSA) is 77.8 Å². The van der Waals surface area contributed by atoms with Crippen LogP contribution >= 0.6 is 0 Å². The molecule has 2 rings (SSSR count). The van der Waals surface area contributed by atoms with E-state index in [0.717, 1.165) is 25.7 Å². The minimum atomic E-state index is -0.738. The second kappa shape index (κ2) is 9.94. The third kappa shape index (κ3) is 5.72. The molecule has 0 heterocycles. The number of unbranched alkanes of at least 4 members (excludes halogenated alkanes) is 1. The van der Waals surface area contributed by atoms with Gasteiger partial charge < -0.3 is 15.3 Å². The van der Waals surface area contributed by atoms with E-state index in [1.807, 2.05) is 19.1 Å². The maximum absolute atomic E-state index is 10.6. The van der Waals surface area contributed by atoms with Crippen LogP contribution in [-0.2, 0) is 4.79 Å². The van der Waals surface area contributed by atoms with Gasteiger partial charge in [0.15, 0.2) is 0 Å². The molecule has 0 unspecified atom stereocenters. The number of carbonyl (C=O) groups is 1. The van der Waals surface area contributed by atoms with Crippen molar-refractivity contribution in [2.45, 2.75) is 71.0 Å². The van der Waals surface area contributed by atoms with Crippen LogP contribution in [0.25, 0.3) is 0 Å². The monoisotopic (exact) mass is 360 g/mol. The molecule has 0 bridgehead atoms. The lowest BCUT2D eigenvalue weighted by molar-refractivity contribution is -0.137. The van der Waals surface area contributed by atoms with Gasteiger partial charge in [-0.05, 0) is 56.8 Å². The van der Waals surface area contributed by atoms with Crippen molar-refractivity contribution >= 4 is 5.97 Å². The normalized spacial score (nSPS) is 31.6. The average molecular weight is 360 g/mol. The summed E-state index contributed by atoms with van der Waals surface area (Å²) >= 11 is 0. The number of aliphatic hydroxyl groups is 2. The standard InChI is InChI=1S/C22H32O4/c1-3-4-7-15(2)20(23)11-10-18-19-13-16(8-5-6-9-22(25)26)12-17(19)14-21(18)24/h8,10-11,15,17-21,23-24H,5-7,9,12-14H2,1-2H3,(H,25,26)/b11-10+,16-8+/t15-,17+,18+,19+,20-,21-/m1/s1. The van der Waals surface area contributed by atoms with E-state index in [1.165, 1.54) is 5.57 Å². The van der Waals surface area contributed by atoms with E-state index in [4.69, 9.17) is 5.11 Å². The third-order valence-corrected chi connectivity index (χ3v) is 5.85. The Morgan fingerprint density at radius 1 is 1.38 bits per heavy atom. The van der Waals surface area contributed by atoms with Gasteiger partial charge in [-0.25, -0.2) is 0 Å². The van der Waals surface area contributed by atoms with Crippen molar-refractivity contribution in [2.75, 3.05) is 0 Å². The van der Waals surface area contributed by atoms with Crippen molar-refractivity contribution in [3.8, 4) is 11.8 Å². The number of carboxylic acids is 1. The molecule has 0 spiro atoms. The highest BCUT2D eigenvalue weighted by molar-refractivity contribution is 5.66. The predicted octanol–water partition coefficient (Wildman–Crippen LogP) is 3.54. The first-order chi connectivity index (χ1) is 12.4. The SMILES string of the molecule is CC#CC[C@@H](C)[C@H](O)/C=C/[C@H]1[C@H]2C/C(=C/CCCC(=O)O)C[C@H]2C[C@H]1O. The Kier molecular flexibility index (Phi) is 7.93. The van der Waals surface area contributed by atoms with Gasteiger partial charge in [-0.1, -0.05) is 30.7 Å². The van der Waals surface area contributed by atoms with Crippen molar-refractivity contribution in [1.29, 1.82) is 0 Å². The number of allylic oxidation sites excluding steroid dienone is 2. The van der Waals surface area contributed by atoms with Gasteiger partial charge in [0.05, 0.1) is 12.2 Å². The van der Waals surface area contributed by atoms with Gasteiger partial charge in [-0.3, -0.25) is 4.79 Å². The van der Waals surface area contributed by atoms with Gasteiger partial charge >= 0.3 is 5.97 Å². The van der Waals surface area contributed by atoms with Crippen LogP contribution in [0, 0.1) is 35.5 Å². The zero-order chi connectivity index (χ0) is 19.1. The van der Waals surface area contributed by atoms with E-state index in [2.05, 4.69) is 17.9 Å². The summed E-state index contributed by atoms with van der Waals surface area (Å²) in [4.78, 5) is 10.6. The highest BCUT2D eigenvalue weighted by Gasteiger charge is 2.44. The summed E-state index contributed by atoms with van der Waals surface area (Å²) in [5, 5.41) is 29.4. The number of rotatable bonds is 8. The van der Waals surface area contributed by atoms with Crippen LogP contribution in [0.3, 0.4) is 0 Å². The molecule has 0 aromatic heterocycles. The average Bonchev–Trinajstić information content (AvgIpc) is 3.10. The maximum Gasteiger partial charge on any atom is 0.303 e. The number of hydrogen-bond acceptors (Lipinski definition) is 3. The molecular formula is C22H32O4. The molecule has 2 fully saturated rings. The van der Waals surface area contributed by atoms with Gasteiger partial charge in [0.25, 0.3) is 0 Å². The molecule has 0 aromatic carbocycles. The summed E-state index contributed by atoms with van der Waals surface area (Å²) in [6.45, 7) is 3.79. The van der Waals surface area contributed by atoms with Crippen molar-refractivity contribution in [2.24, 2.45) is 23.7 Å².